The maximum Gasteiger partial charge on any atom is 0.472 e. The van der Waals surface area contributed by atoms with Gasteiger partial charge in [0.2, 0.25) is 0 Å². The van der Waals surface area contributed by atoms with Crippen molar-refractivity contribution in [3.63, 3.8) is 0 Å². The van der Waals surface area contributed by atoms with Gasteiger partial charge in [0.25, 0.3) is 0 Å². The summed E-state index contributed by atoms with van der Waals surface area (Å²) in [6.45, 7) is 9.66. The average Bonchev–Trinajstić information content (AvgIpc) is 2.75. The number of hydrogen-bond donors (Lipinski definition) is 3. The van der Waals surface area contributed by atoms with Crippen molar-refractivity contribution in [2.45, 2.75) is 407 Å². The number of phosphoric acid groups is 2. The zero-order chi connectivity index (χ0) is 69.3. The van der Waals surface area contributed by atoms with Crippen molar-refractivity contribution in [1.29, 1.82) is 0 Å². The molecule has 0 spiro atoms. The molecule has 94 heavy (non-hydrogen) atoms. The Morgan fingerprint density at radius 1 is 0.298 bits per heavy atom. The van der Waals surface area contributed by atoms with Crippen molar-refractivity contribution in [2.24, 2.45) is 11.8 Å². The molecular formula is C75H146O17P2. The summed E-state index contributed by atoms with van der Waals surface area (Å²) in [7, 11) is -9.90. The van der Waals surface area contributed by atoms with Crippen LogP contribution in [0, 0.1) is 11.8 Å². The minimum atomic E-state index is -4.96. The van der Waals surface area contributed by atoms with Crippen molar-refractivity contribution in [3.05, 3.63) is 0 Å². The molecule has 0 saturated carbocycles. The molecule has 0 aliphatic heterocycles. The highest BCUT2D eigenvalue weighted by Crippen LogP contribution is 2.45. The van der Waals surface area contributed by atoms with Gasteiger partial charge in [-0.2, -0.15) is 0 Å². The molecule has 7 atom stereocenters. The van der Waals surface area contributed by atoms with Crippen LogP contribution in [0.1, 0.15) is 388 Å². The van der Waals surface area contributed by atoms with Crippen LogP contribution in [-0.2, 0) is 65.4 Å². The number of hydrogen-bond acceptors (Lipinski definition) is 15. The standard InChI is InChI=1S/C75H146O17P2/c1-7-11-13-15-17-31-39-45-51-57-72(77)85-63-70(91-74(79)59-53-47-41-32-18-16-14-12-8-2)65-89-93(81,82)87-61-69(76)62-88-94(83,84)90-66-71(92-75(80)60-54-48-42-36-30-26-22-20-24-28-34-38-44-50-56-68(6)10-4)64-86-73(78)58-52-46-40-35-29-25-21-19-23-27-33-37-43-49-55-67(5)9-3/h67-71,76H,7-66H2,1-6H3,(H,81,82)(H,83,84)/t67?,68?,69-,70+,71+/m0/s1. The van der Waals surface area contributed by atoms with Crippen molar-refractivity contribution >= 4 is 39.5 Å². The highest BCUT2D eigenvalue weighted by molar-refractivity contribution is 7.47. The summed E-state index contributed by atoms with van der Waals surface area (Å²) in [6.07, 6.45) is 54.0. The Kier molecular flexibility index (Phi) is 65.5. The zero-order valence-electron chi connectivity index (χ0n) is 61.3. The molecule has 0 amide bonds. The predicted molar refractivity (Wildman–Crippen MR) is 381 cm³/mol. The minimum Gasteiger partial charge on any atom is -0.462 e. The van der Waals surface area contributed by atoms with Gasteiger partial charge in [0.05, 0.1) is 26.4 Å². The predicted octanol–water partition coefficient (Wildman–Crippen LogP) is 21.9. The summed E-state index contributed by atoms with van der Waals surface area (Å²) in [6, 6.07) is 0. The van der Waals surface area contributed by atoms with E-state index in [2.05, 4.69) is 41.5 Å². The van der Waals surface area contributed by atoms with E-state index >= 15 is 0 Å². The summed E-state index contributed by atoms with van der Waals surface area (Å²) in [5.41, 5.74) is 0. The second kappa shape index (κ2) is 66.9. The van der Waals surface area contributed by atoms with Crippen LogP contribution in [-0.4, -0.2) is 96.7 Å². The van der Waals surface area contributed by atoms with Gasteiger partial charge in [-0.15, -0.1) is 0 Å². The fourth-order valence-electron chi connectivity index (χ4n) is 11.4. The Morgan fingerprint density at radius 2 is 0.511 bits per heavy atom. The van der Waals surface area contributed by atoms with Crippen molar-refractivity contribution < 1.29 is 80.2 Å². The third kappa shape index (κ3) is 66.0. The first-order chi connectivity index (χ1) is 45.4. The number of carbonyl (C=O) groups excluding carboxylic acids is 4. The van der Waals surface area contributed by atoms with Crippen molar-refractivity contribution in [3.8, 4) is 0 Å². The Hall–Kier alpha value is -1.94. The number of rotatable bonds is 74. The Morgan fingerprint density at radius 3 is 0.755 bits per heavy atom. The first-order valence-corrected chi connectivity index (χ1v) is 42.1. The molecule has 0 aromatic heterocycles. The van der Waals surface area contributed by atoms with Gasteiger partial charge in [-0.25, -0.2) is 9.13 Å². The van der Waals surface area contributed by atoms with Gasteiger partial charge in [0.15, 0.2) is 12.2 Å². The smallest absolute Gasteiger partial charge is 0.462 e. The van der Waals surface area contributed by atoms with E-state index in [1.807, 2.05) is 0 Å². The van der Waals surface area contributed by atoms with E-state index in [0.717, 1.165) is 102 Å². The number of aliphatic hydroxyl groups excluding tert-OH is 1. The number of phosphoric ester groups is 2. The molecule has 19 heteroatoms. The van der Waals surface area contributed by atoms with E-state index in [0.29, 0.717) is 25.7 Å². The number of aliphatic hydroxyl groups is 1. The molecule has 0 aromatic rings. The Balaban J connectivity index is 5.20. The number of esters is 4. The average molecular weight is 1380 g/mol. The van der Waals surface area contributed by atoms with Gasteiger partial charge in [-0.1, -0.05) is 337 Å². The number of carbonyl (C=O) groups is 4. The van der Waals surface area contributed by atoms with E-state index in [4.69, 9.17) is 37.0 Å². The molecule has 3 N–H and O–H groups in total. The quantitative estimate of drug-likeness (QED) is 0.0222. The third-order valence-electron chi connectivity index (χ3n) is 18.2. The summed E-state index contributed by atoms with van der Waals surface area (Å²) >= 11 is 0. The molecule has 558 valence electrons. The first-order valence-electron chi connectivity index (χ1n) is 39.1. The van der Waals surface area contributed by atoms with Crippen molar-refractivity contribution in [1.82, 2.24) is 0 Å². The van der Waals surface area contributed by atoms with Crippen LogP contribution in [0.3, 0.4) is 0 Å². The second-order valence-corrected chi connectivity index (χ2v) is 30.4. The summed E-state index contributed by atoms with van der Waals surface area (Å²) in [4.78, 5) is 72.6. The molecule has 0 saturated heterocycles. The molecular weight excluding hydrogens is 1230 g/mol. The van der Waals surface area contributed by atoms with Crippen LogP contribution >= 0.6 is 15.6 Å². The molecule has 0 rings (SSSR count). The van der Waals surface area contributed by atoms with Gasteiger partial charge < -0.3 is 33.8 Å². The molecule has 0 aliphatic carbocycles. The first kappa shape index (κ1) is 92.1. The van der Waals surface area contributed by atoms with Crippen molar-refractivity contribution in [2.75, 3.05) is 39.6 Å². The van der Waals surface area contributed by atoms with E-state index in [1.54, 1.807) is 0 Å². The Labute approximate surface area is 575 Å². The minimum absolute atomic E-state index is 0.106. The molecule has 0 heterocycles. The lowest BCUT2D eigenvalue weighted by atomic mass is 9.99. The van der Waals surface area contributed by atoms with Gasteiger partial charge in [0, 0.05) is 25.7 Å². The van der Waals surface area contributed by atoms with Crippen LogP contribution in [0.2, 0.25) is 0 Å². The molecule has 4 unspecified atom stereocenters. The highest BCUT2D eigenvalue weighted by Gasteiger charge is 2.30. The lowest BCUT2D eigenvalue weighted by Gasteiger charge is -2.21. The molecule has 17 nitrogen and oxygen atoms in total. The lowest BCUT2D eigenvalue weighted by Crippen LogP contribution is -2.30. The number of unbranched alkanes of at least 4 members (excludes halogenated alkanes) is 42. The van der Waals surface area contributed by atoms with Gasteiger partial charge in [-0.05, 0) is 37.5 Å². The van der Waals surface area contributed by atoms with Crippen LogP contribution in [0.25, 0.3) is 0 Å². The molecule has 0 aliphatic rings. The summed E-state index contributed by atoms with van der Waals surface area (Å²) in [5.74, 6) is -0.423. The summed E-state index contributed by atoms with van der Waals surface area (Å²) < 4.78 is 68.4. The lowest BCUT2D eigenvalue weighted by molar-refractivity contribution is -0.161. The second-order valence-electron chi connectivity index (χ2n) is 27.5. The normalized spacial score (nSPS) is 14.6. The molecule has 0 bridgehead atoms. The van der Waals surface area contributed by atoms with Crippen LogP contribution in [0.5, 0.6) is 0 Å². The third-order valence-corrected chi connectivity index (χ3v) is 20.1. The van der Waals surface area contributed by atoms with Gasteiger partial charge in [0.1, 0.15) is 19.3 Å². The van der Waals surface area contributed by atoms with E-state index in [1.165, 1.54) is 205 Å². The van der Waals surface area contributed by atoms with E-state index < -0.39 is 97.5 Å². The molecule has 0 aromatic carbocycles. The summed E-state index contributed by atoms with van der Waals surface area (Å²) in [5, 5.41) is 10.6. The zero-order valence-corrected chi connectivity index (χ0v) is 63.1. The van der Waals surface area contributed by atoms with E-state index in [9.17, 15) is 43.2 Å². The van der Waals surface area contributed by atoms with Gasteiger partial charge >= 0.3 is 39.5 Å². The van der Waals surface area contributed by atoms with Crippen LogP contribution < -0.4 is 0 Å². The van der Waals surface area contributed by atoms with Crippen LogP contribution in [0.4, 0.5) is 0 Å². The molecule has 0 radical (unpaired) electrons. The van der Waals surface area contributed by atoms with Crippen LogP contribution in [0.15, 0.2) is 0 Å². The fourth-order valence-corrected chi connectivity index (χ4v) is 13.0. The maximum absolute atomic E-state index is 13.1. The monoisotopic (exact) mass is 1380 g/mol. The topological polar surface area (TPSA) is 237 Å². The Bertz CT molecular complexity index is 1820. The van der Waals surface area contributed by atoms with Gasteiger partial charge in [-0.3, -0.25) is 37.3 Å². The SMILES string of the molecule is CCCCCCCCCCCC(=O)OC[C@H](COP(=O)(O)OC[C@H](O)COP(=O)(O)OC[C@@H](COC(=O)CCCCCCCCCCCCCCCCC(C)CC)OC(=O)CCCCCCCCCCCCCCCCC(C)CC)OC(=O)CCCCCCCCCCC. The number of ether oxygens (including phenoxy) is 4. The fraction of sp³-hybridized carbons (Fsp3) is 0.947. The maximum atomic E-state index is 13.1. The van der Waals surface area contributed by atoms with E-state index in [-0.39, 0.29) is 25.7 Å². The highest BCUT2D eigenvalue weighted by atomic mass is 31.2. The molecule has 0 fully saturated rings. The largest absolute Gasteiger partial charge is 0.472 e.